The molecule has 76 heavy (non-hydrogen) atoms. The third kappa shape index (κ3) is 28.7. The first-order valence-corrected chi connectivity index (χ1v) is 24.8. The van der Waals surface area contributed by atoms with Crippen molar-refractivity contribution >= 4 is 103 Å². The molecule has 0 aliphatic heterocycles. The molecule has 0 saturated carbocycles. The molecule has 0 atom stereocenters. The Morgan fingerprint density at radius 1 is 0.408 bits per heavy atom. The molecule has 8 aromatic rings. The molecule has 0 spiro atoms. The minimum atomic E-state index is -0.587. The van der Waals surface area contributed by atoms with Gasteiger partial charge in [-0.2, -0.15) is 0 Å². The zero-order chi connectivity index (χ0) is 57.8. The zero-order valence-electron chi connectivity index (χ0n) is 41.8. The first-order valence-electron chi connectivity index (χ1n) is 21.8. The summed E-state index contributed by atoms with van der Waals surface area (Å²) in [6.07, 6.45) is 3.39. The maximum Gasteiger partial charge on any atom is 0.272 e. The summed E-state index contributed by atoms with van der Waals surface area (Å²) >= 11 is 37.2. The number of rotatable bonds is 3. The molecule has 0 unspecified atom stereocenters. The number of nitrogens with zero attached hydrogens (tertiary/aromatic N) is 4. The summed E-state index contributed by atoms with van der Waals surface area (Å²) in [7, 11) is 0. The summed E-state index contributed by atoms with van der Waals surface area (Å²) in [6.45, 7) is 14.2. The van der Waals surface area contributed by atoms with Gasteiger partial charge in [-0.3, -0.25) is 35.3 Å². The van der Waals surface area contributed by atoms with E-state index in [4.69, 9.17) is 69.6 Å². The highest BCUT2D eigenvalue weighted by molar-refractivity contribution is 9.10. The van der Waals surface area contributed by atoms with Gasteiger partial charge in [0.1, 0.15) is 23.3 Å². The van der Waals surface area contributed by atoms with Crippen molar-refractivity contribution in [3.05, 3.63) is 285 Å². The lowest BCUT2D eigenvalue weighted by Gasteiger charge is -1.95. The van der Waals surface area contributed by atoms with Crippen LogP contribution in [0.1, 0.15) is 44.5 Å². The molecular formula is C55H49BrCl6F4N4O6. The number of nitro benzene ring substituents is 3. The fourth-order valence-electron chi connectivity index (χ4n) is 5.42. The van der Waals surface area contributed by atoms with Crippen LogP contribution < -0.4 is 0 Å². The Morgan fingerprint density at radius 2 is 0.882 bits per heavy atom. The van der Waals surface area contributed by atoms with Crippen LogP contribution in [0.4, 0.5) is 34.6 Å². The summed E-state index contributed by atoms with van der Waals surface area (Å²) < 4.78 is 50.2. The maximum atomic E-state index is 12.4. The number of hydrogen-bond donors (Lipinski definition) is 0. The number of aromatic nitrogens is 1. The molecule has 21 heteroatoms. The van der Waals surface area contributed by atoms with E-state index in [-0.39, 0.29) is 28.7 Å². The van der Waals surface area contributed by atoms with Gasteiger partial charge in [-0.25, -0.2) is 17.6 Å². The van der Waals surface area contributed by atoms with Gasteiger partial charge in [0.2, 0.25) is 0 Å². The van der Waals surface area contributed by atoms with Crippen LogP contribution in [-0.2, 0) is 0 Å². The van der Waals surface area contributed by atoms with Gasteiger partial charge >= 0.3 is 0 Å². The van der Waals surface area contributed by atoms with Crippen molar-refractivity contribution in [3.8, 4) is 0 Å². The highest BCUT2D eigenvalue weighted by atomic mass is 79.9. The average Bonchev–Trinajstić information content (AvgIpc) is 3.31. The van der Waals surface area contributed by atoms with Crippen molar-refractivity contribution in [2.45, 2.75) is 55.4 Å². The lowest BCUT2D eigenvalue weighted by atomic mass is 10.2. The van der Waals surface area contributed by atoms with Crippen LogP contribution in [0.3, 0.4) is 0 Å². The molecule has 1 heterocycles. The lowest BCUT2D eigenvalue weighted by molar-refractivity contribution is -0.389. The van der Waals surface area contributed by atoms with E-state index >= 15 is 0 Å². The standard InChI is InChI=1S/C7H6BrF.2C7H6Cl2.C7H7Cl.C7H6F2.C7H6FNO2.C7H6N2O4.C6H6ClN/c1-5-4-6(9)2-3-7(5)8;1-5-2-6(8)4-7(9)3-5;1-5-4-6(8)2-3-7(5)9;1-6-3-2-4-7(8)5-6;1-5-4-6(8)2-3-7(5)9;1-5-4-6(8)2-3-7(5)9(10)11;1-5-4-6(8(10)11)2-3-7(5)9(12)13;1-5-2-6(7)4-8-3-5/h3*2-4H,1H3;2-5H,1H3;2-4H,1H3;2-4H,1H3;2-4H,1H3;2-4H,1H3. The Hall–Kier alpha value is -6.17. The van der Waals surface area contributed by atoms with E-state index in [0.29, 0.717) is 31.8 Å². The van der Waals surface area contributed by atoms with Gasteiger partial charge in [-0.05, 0) is 192 Å². The second-order valence-electron chi connectivity index (χ2n) is 15.8. The molecule has 0 fully saturated rings. The molecule has 0 saturated heterocycles. The normalized spacial score (nSPS) is 9.57. The van der Waals surface area contributed by atoms with Crippen molar-refractivity contribution in [3.63, 3.8) is 0 Å². The highest BCUT2D eigenvalue weighted by Crippen LogP contribution is 2.23. The van der Waals surface area contributed by atoms with Crippen LogP contribution in [0.5, 0.6) is 0 Å². The Balaban J connectivity index is 0.000000436. The molecule has 7 aromatic carbocycles. The van der Waals surface area contributed by atoms with Crippen LogP contribution in [0.15, 0.2) is 156 Å². The lowest BCUT2D eigenvalue weighted by Crippen LogP contribution is -1.93. The Bertz CT molecular complexity index is 2950. The first kappa shape index (κ1) is 67.8. The molecular weight excluding hydrogens is 1180 g/mol. The number of aryl methyl sites for hydroxylation is 8. The van der Waals surface area contributed by atoms with Gasteiger partial charge in [0.25, 0.3) is 17.1 Å². The summed E-state index contributed by atoms with van der Waals surface area (Å²) in [5.74, 6) is -1.39. The maximum absolute atomic E-state index is 12.4. The molecule has 10 nitrogen and oxygen atoms in total. The minimum Gasteiger partial charge on any atom is -0.263 e. The summed E-state index contributed by atoms with van der Waals surface area (Å²) in [4.78, 5) is 33.0. The fourth-order valence-corrected chi connectivity index (χ4v) is 7.12. The molecule has 0 bridgehead atoms. The van der Waals surface area contributed by atoms with Crippen LogP contribution in [-0.4, -0.2) is 19.8 Å². The molecule has 1 aromatic heterocycles. The van der Waals surface area contributed by atoms with Crippen LogP contribution in [0, 0.1) is 109 Å². The largest absolute Gasteiger partial charge is 0.272 e. The van der Waals surface area contributed by atoms with E-state index in [9.17, 15) is 47.9 Å². The van der Waals surface area contributed by atoms with Gasteiger partial charge in [0, 0.05) is 77.4 Å². The smallest absolute Gasteiger partial charge is 0.263 e. The third-order valence-corrected chi connectivity index (χ3v) is 11.6. The average molecular weight is 1230 g/mol. The number of non-ortho nitro benzene ring substituents is 1. The van der Waals surface area contributed by atoms with Gasteiger partial charge in [0.15, 0.2) is 0 Å². The molecule has 0 radical (unpaired) electrons. The van der Waals surface area contributed by atoms with Crippen molar-refractivity contribution in [2.75, 3.05) is 0 Å². The molecule has 0 aliphatic carbocycles. The van der Waals surface area contributed by atoms with Crippen molar-refractivity contribution in [2.24, 2.45) is 0 Å². The summed E-state index contributed by atoms with van der Waals surface area (Å²) in [5, 5.41) is 35.2. The fraction of sp³-hybridized carbons (Fsp3) is 0.145. The molecule has 402 valence electrons. The second-order valence-corrected chi connectivity index (χ2v) is 19.2. The van der Waals surface area contributed by atoms with Gasteiger partial charge < -0.3 is 0 Å². The Kier molecular flexibility index (Phi) is 31.4. The van der Waals surface area contributed by atoms with E-state index in [1.807, 2.05) is 83.1 Å². The number of benzene rings is 7. The molecule has 0 N–H and O–H groups in total. The number of nitro groups is 3. The van der Waals surface area contributed by atoms with E-state index in [2.05, 4.69) is 20.9 Å². The predicted molar refractivity (Wildman–Crippen MR) is 305 cm³/mol. The predicted octanol–water partition coefficient (Wildman–Crippen LogP) is 20.3. The highest BCUT2D eigenvalue weighted by Gasteiger charge is 2.14. The SMILES string of the molecule is Cc1cc(Cl)cc(Cl)c1.Cc1cc(Cl)ccc1Cl.Cc1cc(F)ccc1Br.Cc1cc(F)ccc1F.Cc1cc(F)ccc1[N+](=O)[O-].Cc1cc([N+](=O)[O-])ccc1[N+](=O)[O-].Cc1cccc(Cl)c1.Cc1cncc(Cl)c1. The van der Waals surface area contributed by atoms with Crippen molar-refractivity contribution in [1.29, 1.82) is 0 Å². The van der Waals surface area contributed by atoms with E-state index in [1.165, 1.54) is 44.5 Å². The molecule has 8 rings (SSSR count). The summed E-state index contributed by atoms with van der Waals surface area (Å²) in [6, 6.07) is 35.3. The van der Waals surface area contributed by atoms with Crippen LogP contribution in [0.25, 0.3) is 0 Å². The first-order chi connectivity index (χ1) is 35.5. The van der Waals surface area contributed by atoms with Crippen LogP contribution in [0.2, 0.25) is 30.1 Å². The van der Waals surface area contributed by atoms with Gasteiger partial charge in [-0.1, -0.05) is 97.7 Å². The minimum absolute atomic E-state index is 0.0496. The third-order valence-electron chi connectivity index (χ3n) is 9.13. The quantitative estimate of drug-likeness (QED) is 0.0974. The van der Waals surface area contributed by atoms with Crippen molar-refractivity contribution in [1.82, 2.24) is 4.98 Å². The van der Waals surface area contributed by atoms with E-state index < -0.39 is 26.4 Å². The van der Waals surface area contributed by atoms with Gasteiger partial charge in [0.05, 0.1) is 19.8 Å². The molecule has 0 amide bonds. The second kappa shape index (κ2) is 35.2. The van der Waals surface area contributed by atoms with E-state index in [1.54, 1.807) is 36.7 Å². The summed E-state index contributed by atoms with van der Waals surface area (Å²) in [5.41, 5.74) is 6.02. The monoisotopic (exact) mass is 1230 g/mol. The van der Waals surface area contributed by atoms with Gasteiger partial charge in [-0.15, -0.1) is 0 Å². The topological polar surface area (TPSA) is 142 Å². The van der Waals surface area contributed by atoms with Crippen molar-refractivity contribution < 1.29 is 32.3 Å². The Labute approximate surface area is 476 Å². The Morgan fingerprint density at radius 3 is 1.25 bits per heavy atom. The molecule has 0 aliphatic rings. The number of halogens is 11. The number of hydrogen-bond acceptors (Lipinski definition) is 7. The zero-order valence-corrected chi connectivity index (χ0v) is 48.0. The van der Waals surface area contributed by atoms with E-state index in [0.717, 1.165) is 90.3 Å². The van der Waals surface area contributed by atoms with Crippen LogP contribution >= 0.6 is 85.5 Å². The number of pyridine rings is 1.